The van der Waals surface area contributed by atoms with Gasteiger partial charge < -0.3 is 4.90 Å². The number of hydrogen-bond donors (Lipinski definition) is 0. The summed E-state index contributed by atoms with van der Waals surface area (Å²) in [6.45, 7) is 5.99. The smallest absolute Gasteiger partial charge is 0.241 e. The van der Waals surface area contributed by atoms with Gasteiger partial charge in [0.25, 0.3) is 0 Å². The van der Waals surface area contributed by atoms with E-state index < -0.39 is 0 Å². The van der Waals surface area contributed by atoms with E-state index in [-0.39, 0.29) is 5.91 Å². The molecule has 0 N–H and O–H groups in total. The van der Waals surface area contributed by atoms with E-state index in [0.717, 1.165) is 35.7 Å². The van der Waals surface area contributed by atoms with Crippen LogP contribution in [-0.4, -0.2) is 40.7 Å². The molecule has 0 fully saturated rings. The Balaban J connectivity index is 1.47. The molecule has 1 aromatic heterocycles. The monoisotopic (exact) mass is 374 g/mol. The van der Waals surface area contributed by atoms with Crippen molar-refractivity contribution < 1.29 is 4.79 Å². The van der Waals surface area contributed by atoms with Crippen molar-refractivity contribution in [1.82, 2.24) is 14.7 Å². The number of para-hydroxylation sites is 2. The van der Waals surface area contributed by atoms with Gasteiger partial charge in [0, 0.05) is 30.0 Å². The lowest BCUT2D eigenvalue weighted by Gasteiger charge is -2.22. The maximum absolute atomic E-state index is 12.9. The van der Waals surface area contributed by atoms with Crippen LogP contribution in [0.2, 0.25) is 0 Å². The Kier molecular flexibility index (Phi) is 5.01. The molecule has 4 rings (SSSR count). The van der Waals surface area contributed by atoms with Crippen LogP contribution in [0.15, 0.2) is 54.6 Å². The number of rotatable bonds is 5. The highest BCUT2D eigenvalue weighted by molar-refractivity contribution is 5.96. The summed E-state index contributed by atoms with van der Waals surface area (Å²) in [7, 11) is 2.00. The minimum atomic E-state index is 0.151. The second kappa shape index (κ2) is 7.60. The van der Waals surface area contributed by atoms with E-state index in [1.807, 2.05) is 60.0 Å². The van der Waals surface area contributed by atoms with Gasteiger partial charge >= 0.3 is 0 Å². The fraction of sp³-hybridized carbons (Fsp3) is 0.304. The molecule has 0 unspecified atom stereocenters. The lowest BCUT2D eigenvalue weighted by Crippen LogP contribution is -2.38. The summed E-state index contributed by atoms with van der Waals surface area (Å²) in [6.07, 6.45) is 0.938. The highest BCUT2D eigenvalue weighted by Crippen LogP contribution is 2.27. The van der Waals surface area contributed by atoms with Crippen LogP contribution in [0.3, 0.4) is 0 Å². The second-order valence-electron chi connectivity index (χ2n) is 7.49. The van der Waals surface area contributed by atoms with E-state index in [9.17, 15) is 4.79 Å². The number of nitrogens with zero attached hydrogens (tertiary/aromatic N) is 4. The highest BCUT2D eigenvalue weighted by Gasteiger charge is 2.25. The van der Waals surface area contributed by atoms with E-state index >= 15 is 0 Å². The van der Waals surface area contributed by atoms with E-state index in [0.29, 0.717) is 13.1 Å². The predicted octanol–water partition coefficient (Wildman–Crippen LogP) is 3.51. The highest BCUT2D eigenvalue weighted by atomic mass is 16.2. The zero-order chi connectivity index (χ0) is 19.7. The van der Waals surface area contributed by atoms with Gasteiger partial charge in [-0.25, -0.2) is 4.68 Å². The molecule has 0 radical (unpaired) electrons. The van der Waals surface area contributed by atoms with Crippen LogP contribution in [0.4, 0.5) is 5.69 Å². The third-order valence-corrected chi connectivity index (χ3v) is 5.46. The van der Waals surface area contributed by atoms with Crippen molar-refractivity contribution in [2.75, 3.05) is 25.0 Å². The van der Waals surface area contributed by atoms with Gasteiger partial charge in [0.15, 0.2) is 0 Å². The zero-order valence-corrected chi connectivity index (χ0v) is 16.7. The van der Waals surface area contributed by atoms with Crippen molar-refractivity contribution in [3.05, 3.63) is 77.1 Å². The van der Waals surface area contributed by atoms with Crippen LogP contribution in [0.1, 0.15) is 22.5 Å². The summed E-state index contributed by atoms with van der Waals surface area (Å²) >= 11 is 0. The number of anilines is 1. The van der Waals surface area contributed by atoms with E-state index in [2.05, 4.69) is 30.0 Å². The Hall–Kier alpha value is -2.92. The van der Waals surface area contributed by atoms with Crippen LogP contribution in [0.5, 0.6) is 0 Å². The van der Waals surface area contributed by atoms with Gasteiger partial charge in [-0.15, -0.1) is 0 Å². The van der Waals surface area contributed by atoms with Crippen molar-refractivity contribution in [3.63, 3.8) is 0 Å². The van der Waals surface area contributed by atoms with Crippen LogP contribution in [0.25, 0.3) is 5.69 Å². The molecule has 0 spiro atoms. The van der Waals surface area contributed by atoms with E-state index in [1.165, 1.54) is 11.1 Å². The van der Waals surface area contributed by atoms with Crippen molar-refractivity contribution in [2.24, 2.45) is 0 Å². The number of fused-ring (bicyclic) bond motifs is 1. The summed E-state index contributed by atoms with van der Waals surface area (Å²) in [6, 6.07) is 18.3. The number of carbonyl (C=O) groups excluding carboxylic acids is 1. The molecule has 28 heavy (non-hydrogen) atoms. The Morgan fingerprint density at radius 1 is 1.07 bits per heavy atom. The molecule has 0 atom stereocenters. The van der Waals surface area contributed by atoms with Crippen LogP contribution in [-0.2, 0) is 17.8 Å². The predicted molar refractivity (Wildman–Crippen MR) is 112 cm³/mol. The Morgan fingerprint density at radius 3 is 2.57 bits per heavy atom. The fourth-order valence-electron chi connectivity index (χ4n) is 3.96. The third kappa shape index (κ3) is 3.45. The number of amides is 1. The lowest BCUT2D eigenvalue weighted by atomic mass is 10.2. The minimum Gasteiger partial charge on any atom is -0.311 e. The summed E-state index contributed by atoms with van der Waals surface area (Å²) in [5.74, 6) is 0.151. The first-order valence-electron chi connectivity index (χ1n) is 9.72. The SMILES string of the molecule is Cc1nn(-c2ccccc2)c(C)c1CN(C)CC(=O)N1CCc2ccccc21. The van der Waals surface area contributed by atoms with Gasteiger partial charge in [0.2, 0.25) is 5.91 Å². The molecule has 2 heterocycles. The number of aryl methyl sites for hydroxylation is 1. The molecular weight excluding hydrogens is 348 g/mol. The Bertz CT molecular complexity index is 993. The van der Waals surface area contributed by atoms with Crippen molar-refractivity contribution in [1.29, 1.82) is 0 Å². The summed E-state index contributed by atoms with van der Waals surface area (Å²) in [5.41, 5.74) is 6.68. The van der Waals surface area contributed by atoms with Crippen LogP contribution < -0.4 is 4.90 Å². The average molecular weight is 374 g/mol. The number of benzene rings is 2. The van der Waals surface area contributed by atoms with Crippen molar-refractivity contribution in [2.45, 2.75) is 26.8 Å². The fourth-order valence-corrected chi connectivity index (χ4v) is 3.96. The Labute approximate surface area is 166 Å². The maximum atomic E-state index is 12.9. The standard InChI is InChI=1S/C23H26N4O/c1-17-21(18(2)27(24-17)20-10-5-4-6-11-20)15-25(3)16-23(28)26-14-13-19-9-7-8-12-22(19)26/h4-12H,13-16H2,1-3H3. The minimum absolute atomic E-state index is 0.151. The first-order valence-corrected chi connectivity index (χ1v) is 9.72. The van der Waals surface area contributed by atoms with Gasteiger partial charge in [-0.1, -0.05) is 36.4 Å². The molecule has 0 saturated carbocycles. The van der Waals surface area contributed by atoms with E-state index in [1.54, 1.807) is 0 Å². The molecule has 1 aliphatic rings. The van der Waals surface area contributed by atoms with Gasteiger partial charge in [0.1, 0.15) is 0 Å². The van der Waals surface area contributed by atoms with Gasteiger partial charge in [0.05, 0.1) is 17.9 Å². The molecule has 5 heteroatoms. The summed E-state index contributed by atoms with van der Waals surface area (Å²) < 4.78 is 1.98. The molecule has 0 saturated heterocycles. The van der Waals surface area contributed by atoms with Crippen molar-refractivity contribution >= 4 is 11.6 Å². The molecule has 0 aliphatic carbocycles. The molecule has 2 aromatic carbocycles. The number of aromatic nitrogens is 2. The summed E-state index contributed by atoms with van der Waals surface area (Å²) in [5, 5.41) is 4.71. The topological polar surface area (TPSA) is 41.4 Å². The average Bonchev–Trinajstić information content (AvgIpc) is 3.25. The first-order chi connectivity index (χ1) is 13.5. The first kappa shape index (κ1) is 18.4. The molecule has 5 nitrogen and oxygen atoms in total. The van der Waals surface area contributed by atoms with Crippen LogP contribution >= 0.6 is 0 Å². The number of carbonyl (C=O) groups is 1. The molecule has 0 bridgehead atoms. The van der Waals surface area contributed by atoms with Gasteiger partial charge in [-0.05, 0) is 51.1 Å². The number of hydrogen-bond acceptors (Lipinski definition) is 3. The molecule has 144 valence electrons. The maximum Gasteiger partial charge on any atom is 0.241 e. The Morgan fingerprint density at radius 2 is 1.79 bits per heavy atom. The number of likely N-dealkylation sites (N-methyl/N-ethyl adjacent to an activating group) is 1. The molecular formula is C23H26N4O. The summed E-state index contributed by atoms with van der Waals surface area (Å²) in [4.78, 5) is 16.9. The van der Waals surface area contributed by atoms with Gasteiger partial charge in [-0.3, -0.25) is 9.69 Å². The largest absolute Gasteiger partial charge is 0.311 e. The normalized spacial score (nSPS) is 13.2. The van der Waals surface area contributed by atoms with Crippen molar-refractivity contribution in [3.8, 4) is 5.69 Å². The second-order valence-corrected chi connectivity index (χ2v) is 7.49. The van der Waals surface area contributed by atoms with E-state index in [4.69, 9.17) is 5.10 Å². The quantitative estimate of drug-likeness (QED) is 0.686. The van der Waals surface area contributed by atoms with Gasteiger partial charge in [-0.2, -0.15) is 5.10 Å². The molecule has 1 aliphatic heterocycles. The third-order valence-electron chi connectivity index (χ3n) is 5.46. The van der Waals surface area contributed by atoms with Crippen LogP contribution in [0, 0.1) is 13.8 Å². The molecule has 1 amide bonds. The lowest BCUT2D eigenvalue weighted by molar-refractivity contribution is -0.119. The zero-order valence-electron chi connectivity index (χ0n) is 16.7. The molecule has 3 aromatic rings.